The highest BCUT2D eigenvalue weighted by atomic mass is 35.5. The molecule has 0 bridgehead atoms. The Labute approximate surface area is 292 Å². The van der Waals surface area contributed by atoms with Gasteiger partial charge < -0.3 is 31.5 Å². The molecule has 0 aliphatic carbocycles. The lowest BCUT2D eigenvalue weighted by atomic mass is 9.88. The average Bonchev–Trinajstić information content (AvgIpc) is 3.42. The molecular formula is C34H35Cl3N4O5S. The first-order valence-corrected chi connectivity index (χ1v) is 16.7. The Morgan fingerprint density at radius 2 is 1.62 bits per heavy atom. The summed E-state index contributed by atoms with van der Waals surface area (Å²) in [6, 6.07) is 22.4. The molecule has 47 heavy (non-hydrogen) atoms. The number of carbonyl (C=O) groups is 3. The molecule has 248 valence electrons. The second-order valence-electron chi connectivity index (χ2n) is 10.9. The molecule has 4 aromatic rings. The number of primary amides is 1. The maximum atomic E-state index is 13.9. The Balaban J connectivity index is 0.000000632. The van der Waals surface area contributed by atoms with Gasteiger partial charge >= 0.3 is 0 Å². The number of halogens is 3. The van der Waals surface area contributed by atoms with Crippen LogP contribution in [-0.2, 0) is 9.59 Å². The number of nitrogens with two attached hydrogens (primary N) is 2. The smallest absolute Gasteiger partial charge is 0.267 e. The van der Waals surface area contributed by atoms with Gasteiger partial charge in [0.15, 0.2) is 5.75 Å². The Morgan fingerprint density at radius 1 is 0.979 bits per heavy atom. The number of carbonyl (C=O) groups excluding carboxylic acids is 3. The van der Waals surface area contributed by atoms with E-state index in [1.54, 1.807) is 35.2 Å². The van der Waals surface area contributed by atoms with Crippen LogP contribution in [0.3, 0.4) is 0 Å². The molecule has 1 aliphatic rings. The van der Waals surface area contributed by atoms with E-state index in [0.29, 0.717) is 41.7 Å². The third-order valence-corrected chi connectivity index (χ3v) is 9.55. The van der Waals surface area contributed by atoms with Crippen LogP contribution in [0.4, 0.5) is 0 Å². The van der Waals surface area contributed by atoms with E-state index in [1.807, 2.05) is 30.3 Å². The summed E-state index contributed by atoms with van der Waals surface area (Å²) in [5, 5.41) is 12.9. The number of amides is 3. The van der Waals surface area contributed by atoms with E-state index in [0.717, 1.165) is 5.56 Å². The summed E-state index contributed by atoms with van der Waals surface area (Å²) in [6.07, 6.45) is 0.450. The van der Waals surface area contributed by atoms with Crippen LogP contribution in [-0.4, -0.2) is 66.1 Å². The molecule has 1 aromatic heterocycles. The Kier molecular flexibility index (Phi) is 12.7. The molecule has 1 fully saturated rings. The third-order valence-electron chi connectivity index (χ3n) is 7.56. The second kappa shape index (κ2) is 16.5. The van der Waals surface area contributed by atoms with Crippen LogP contribution in [0.25, 0.3) is 21.6 Å². The standard InChI is InChI=1S/C27H27Cl3N4O5S.C7H8/c28-16-3-1-15(2-4-16)21-22(39-12-9-33-20(36)14-35)24(40-23(21)18-6-5-17(29)13-19(18)30)25(37)34-10-7-27(32,8-11-34)26(31)38;1-7-5-3-2-4-6-7/h1-6,13,35H,7-12,14,32H2,(H2,31,38)(H,33,36);2-6H,1H3. The van der Waals surface area contributed by atoms with E-state index in [2.05, 4.69) is 24.4 Å². The number of benzene rings is 3. The van der Waals surface area contributed by atoms with Crippen LogP contribution in [0.5, 0.6) is 5.75 Å². The number of hydrogen-bond acceptors (Lipinski definition) is 7. The van der Waals surface area contributed by atoms with Crippen molar-refractivity contribution < 1.29 is 24.2 Å². The normalized spacial score (nSPS) is 13.7. The summed E-state index contributed by atoms with van der Waals surface area (Å²) in [5.74, 6) is -1.16. The number of thiophene rings is 1. The van der Waals surface area contributed by atoms with Crippen molar-refractivity contribution in [3.05, 3.63) is 98.3 Å². The van der Waals surface area contributed by atoms with Crippen molar-refractivity contribution in [3.63, 3.8) is 0 Å². The first kappa shape index (κ1) is 36.2. The maximum absolute atomic E-state index is 13.9. The van der Waals surface area contributed by atoms with Crippen LogP contribution in [0, 0.1) is 6.92 Å². The Hall–Kier alpha value is -3.64. The molecule has 1 aliphatic heterocycles. The maximum Gasteiger partial charge on any atom is 0.267 e. The quantitative estimate of drug-likeness (QED) is 0.158. The van der Waals surface area contributed by atoms with Crippen molar-refractivity contribution in [1.29, 1.82) is 0 Å². The molecule has 5 rings (SSSR count). The van der Waals surface area contributed by atoms with E-state index in [1.165, 1.54) is 16.9 Å². The number of likely N-dealkylation sites (tertiary alicyclic amines) is 1. The fraction of sp³-hybridized carbons (Fsp3) is 0.265. The highest BCUT2D eigenvalue weighted by molar-refractivity contribution is 7.18. The van der Waals surface area contributed by atoms with Crippen LogP contribution >= 0.6 is 46.1 Å². The van der Waals surface area contributed by atoms with Gasteiger partial charge in [0.2, 0.25) is 11.8 Å². The summed E-state index contributed by atoms with van der Waals surface area (Å²) in [6.45, 7) is 2.01. The lowest BCUT2D eigenvalue weighted by molar-refractivity contribution is -0.125. The summed E-state index contributed by atoms with van der Waals surface area (Å²) in [7, 11) is 0. The van der Waals surface area contributed by atoms with Crippen LogP contribution in [0.2, 0.25) is 15.1 Å². The van der Waals surface area contributed by atoms with E-state index in [-0.39, 0.29) is 45.0 Å². The number of nitrogens with zero attached hydrogens (tertiary/aromatic N) is 1. The van der Waals surface area contributed by atoms with Gasteiger partial charge in [-0.25, -0.2) is 0 Å². The zero-order chi connectivity index (χ0) is 34.1. The second-order valence-corrected chi connectivity index (χ2v) is 13.2. The number of aliphatic hydroxyl groups excluding tert-OH is 1. The Bertz CT molecular complexity index is 1710. The predicted octanol–water partition coefficient (Wildman–Crippen LogP) is 5.94. The zero-order valence-corrected chi connectivity index (χ0v) is 28.7. The number of aryl methyl sites for hydroxylation is 1. The van der Waals surface area contributed by atoms with E-state index in [9.17, 15) is 14.4 Å². The largest absolute Gasteiger partial charge is 0.489 e. The van der Waals surface area contributed by atoms with Gasteiger partial charge in [-0.2, -0.15) is 0 Å². The van der Waals surface area contributed by atoms with Crippen molar-refractivity contribution in [2.75, 3.05) is 32.8 Å². The predicted molar refractivity (Wildman–Crippen MR) is 188 cm³/mol. The summed E-state index contributed by atoms with van der Waals surface area (Å²) in [5.41, 5.74) is 13.8. The van der Waals surface area contributed by atoms with Gasteiger partial charge in [-0.15, -0.1) is 11.3 Å². The van der Waals surface area contributed by atoms with Gasteiger partial charge in [0.25, 0.3) is 5.91 Å². The Morgan fingerprint density at radius 3 is 2.17 bits per heavy atom. The van der Waals surface area contributed by atoms with Gasteiger partial charge in [-0.1, -0.05) is 88.9 Å². The molecule has 3 aromatic carbocycles. The molecule has 6 N–H and O–H groups in total. The zero-order valence-electron chi connectivity index (χ0n) is 25.6. The van der Waals surface area contributed by atoms with Crippen molar-refractivity contribution in [2.45, 2.75) is 25.3 Å². The summed E-state index contributed by atoms with van der Waals surface area (Å²) in [4.78, 5) is 39.9. The fourth-order valence-corrected chi connectivity index (χ4v) is 6.83. The lowest BCUT2D eigenvalue weighted by Gasteiger charge is -2.36. The molecule has 3 amide bonds. The molecule has 0 unspecified atom stereocenters. The number of hydrogen-bond donors (Lipinski definition) is 4. The summed E-state index contributed by atoms with van der Waals surface area (Å²) < 4.78 is 6.17. The first-order valence-electron chi connectivity index (χ1n) is 14.7. The van der Waals surface area contributed by atoms with Gasteiger partial charge in [-0.05, 0) is 49.6 Å². The highest BCUT2D eigenvalue weighted by Crippen LogP contribution is 2.50. The summed E-state index contributed by atoms with van der Waals surface area (Å²) >= 11 is 20.1. The van der Waals surface area contributed by atoms with Gasteiger partial charge in [0.1, 0.15) is 18.1 Å². The molecule has 0 spiro atoms. The molecular weight excluding hydrogens is 683 g/mol. The van der Waals surface area contributed by atoms with Crippen LogP contribution in [0.15, 0.2) is 72.8 Å². The van der Waals surface area contributed by atoms with Crippen LogP contribution in [0.1, 0.15) is 28.1 Å². The lowest BCUT2D eigenvalue weighted by Crippen LogP contribution is -2.58. The van der Waals surface area contributed by atoms with Crippen molar-refractivity contribution >= 4 is 63.9 Å². The molecule has 1 saturated heterocycles. The van der Waals surface area contributed by atoms with E-state index < -0.39 is 24.0 Å². The molecule has 0 saturated carbocycles. The number of piperidine rings is 1. The van der Waals surface area contributed by atoms with Gasteiger partial charge in [0, 0.05) is 39.1 Å². The van der Waals surface area contributed by atoms with E-state index in [4.69, 9.17) is 56.1 Å². The number of nitrogens with one attached hydrogen (secondary N) is 1. The average molecular weight is 718 g/mol. The molecule has 2 heterocycles. The molecule has 0 radical (unpaired) electrons. The first-order chi connectivity index (χ1) is 22.4. The van der Waals surface area contributed by atoms with Gasteiger partial charge in [-0.3, -0.25) is 14.4 Å². The SMILES string of the molecule is Cc1ccccc1.NC(=O)C1(N)CCN(C(=O)c2sc(-c3ccc(Cl)cc3Cl)c(-c3ccc(Cl)cc3)c2OCCNC(=O)CO)CC1. The monoisotopic (exact) mass is 716 g/mol. The minimum atomic E-state index is -1.17. The third kappa shape index (κ3) is 9.25. The fourth-order valence-electron chi connectivity index (χ4n) is 4.87. The van der Waals surface area contributed by atoms with Crippen molar-refractivity contribution in [2.24, 2.45) is 11.5 Å². The van der Waals surface area contributed by atoms with Gasteiger partial charge in [0.05, 0.1) is 17.1 Å². The minimum absolute atomic E-state index is 0.0186. The molecule has 0 atom stereocenters. The molecule has 9 nitrogen and oxygen atoms in total. The van der Waals surface area contributed by atoms with E-state index >= 15 is 0 Å². The van der Waals surface area contributed by atoms with Crippen LogP contribution < -0.4 is 21.5 Å². The highest BCUT2D eigenvalue weighted by Gasteiger charge is 2.39. The number of aliphatic hydroxyl groups is 1. The van der Waals surface area contributed by atoms with Crippen molar-refractivity contribution in [1.82, 2.24) is 10.2 Å². The number of ether oxygens (including phenoxy) is 1. The topological polar surface area (TPSA) is 148 Å². The minimum Gasteiger partial charge on any atom is -0.489 e. The van der Waals surface area contributed by atoms with Crippen molar-refractivity contribution in [3.8, 4) is 27.3 Å². The molecule has 13 heteroatoms. The number of rotatable bonds is 9.